The van der Waals surface area contributed by atoms with Crippen LogP contribution in [0.3, 0.4) is 0 Å². The Hall–Kier alpha value is -3.71. The Morgan fingerprint density at radius 3 is 2.32 bits per heavy atom. The highest BCUT2D eigenvalue weighted by Crippen LogP contribution is 2.37. The number of benzene rings is 2. The molecule has 1 aliphatic rings. The average Bonchev–Trinajstić information content (AvgIpc) is 3.50. The molecule has 0 saturated carbocycles. The molecule has 2 aromatic heterocycles. The molecule has 5 rings (SSSR count). The largest absolute Gasteiger partial charge is 0.457 e. The van der Waals surface area contributed by atoms with Crippen LogP contribution in [-0.2, 0) is 21.9 Å². The van der Waals surface area contributed by atoms with Gasteiger partial charge in [-0.1, -0.05) is 42.2 Å². The van der Waals surface area contributed by atoms with Crippen molar-refractivity contribution >= 4 is 56.0 Å². The number of thiocarbonyl (C=S) groups is 1. The van der Waals surface area contributed by atoms with Gasteiger partial charge in [0.05, 0.1) is 21.2 Å². The van der Waals surface area contributed by atoms with Gasteiger partial charge in [0.2, 0.25) is 10.0 Å². The van der Waals surface area contributed by atoms with E-state index in [-0.39, 0.29) is 20.5 Å². The Balaban J connectivity index is 1.45. The van der Waals surface area contributed by atoms with E-state index < -0.39 is 15.9 Å². The van der Waals surface area contributed by atoms with Crippen LogP contribution in [0.2, 0.25) is 0 Å². The first-order chi connectivity index (χ1) is 17.6. The standard InChI is InChI=1S/C25H20N4O5S3/c1-15-22(24(31)29(27(15)2)17-6-4-3-5-7-17)28-23(30)21(36-25(28)35)14-18-10-13-20(34-18)16-8-11-19(12-9-16)37(26,32)33/h3-14H,1-2H3,(H2,26,32,33). The summed E-state index contributed by atoms with van der Waals surface area (Å²) in [4.78, 5) is 28.3. The van der Waals surface area contributed by atoms with Crippen LogP contribution in [0.25, 0.3) is 23.1 Å². The summed E-state index contributed by atoms with van der Waals surface area (Å²) in [5, 5.41) is 5.15. The first-order valence-electron chi connectivity index (χ1n) is 10.9. The maximum absolute atomic E-state index is 13.4. The van der Waals surface area contributed by atoms with Gasteiger partial charge in [0.1, 0.15) is 17.2 Å². The second-order valence-corrected chi connectivity index (χ2v) is 11.4. The fourth-order valence-electron chi connectivity index (χ4n) is 4.00. The van der Waals surface area contributed by atoms with Crippen LogP contribution in [0.5, 0.6) is 0 Å². The van der Waals surface area contributed by atoms with E-state index in [2.05, 4.69) is 0 Å². The minimum absolute atomic E-state index is 0.00534. The van der Waals surface area contributed by atoms with E-state index in [0.717, 1.165) is 11.8 Å². The molecule has 4 aromatic rings. The first-order valence-corrected chi connectivity index (χ1v) is 13.7. The molecule has 12 heteroatoms. The number of carbonyl (C=O) groups excluding carboxylic acids is 1. The highest BCUT2D eigenvalue weighted by molar-refractivity contribution is 8.27. The van der Waals surface area contributed by atoms with Crippen LogP contribution in [0.1, 0.15) is 11.5 Å². The summed E-state index contributed by atoms with van der Waals surface area (Å²) >= 11 is 6.57. The minimum atomic E-state index is -3.80. The predicted octanol–water partition coefficient (Wildman–Crippen LogP) is 3.80. The quantitative estimate of drug-likeness (QED) is 0.295. The van der Waals surface area contributed by atoms with Gasteiger partial charge in [0.15, 0.2) is 4.32 Å². The molecule has 1 aliphatic heterocycles. The number of hydrogen-bond donors (Lipinski definition) is 1. The maximum atomic E-state index is 13.4. The third-order valence-electron chi connectivity index (χ3n) is 5.91. The number of para-hydroxylation sites is 1. The Kier molecular flexibility index (Phi) is 6.28. The Morgan fingerprint density at radius 2 is 1.68 bits per heavy atom. The molecule has 0 atom stereocenters. The molecule has 0 unspecified atom stereocenters. The second kappa shape index (κ2) is 9.30. The summed E-state index contributed by atoms with van der Waals surface area (Å²) in [5.74, 6) is 0.460. The SMILES string of the molecule is Cc1c(N2C(=O)C(=Cc3ccc(-c4ccc(S(N)(=O)=O)cc4)o3)SC2=S)c(=O)n(-c2ccccc2)n1C. The van der Waals surface area contributed by atoms with Crippen molar-refractivity contribution in [3.63, 3.8) is 0 Å². The van der Waals surface area contributed by atoms with Crippen molar-refractivity contribution in [3.05, 3.63) is 93.4 Å². The monoisotopic (exact) mass is 552 g/mol. The molecule has 1 amide bonds. The first kappa shape index (κ1) is 25.0. The maximum Gasteiger partial charge on any atom is 0.296 e. The van der Waals surface area contributed by atoms with Crippen molar-refractivity contribution < 1.29 is 17.6 Å². The van der Waals surface area contributed by atoms with Crippen LogP contribution in [-0.4, -0.2) is 28.0 Å². The summed E-state index contributed by atoms with van der Waals surface area (Å²) in [6.07, 6.45) is 1.56. The van der Waals surface area contributed by atoms with Crippen molar-refractivity contribution in [1.29, 1.82) is 0 Å². The fraction of sp³-hybridized carbons (Fsp3) is 0.0800. The zero-order valence-electron chi connectivity index (χ0n) is 19.6. The number of hydrogen-bond acceptors (Lipinski definition) is 7. The van der Waals surface area contributed by atoms with E-state index in [1.54, 1.807) is 49.0 Å². The van der Waals surface area contributed by atoms with E-state index >= 15 is 0 Å². The molecule has 3 heterocycles. The number of carbonyl (C=O) groups is 1. The number of nitrogens with zero attached hydrogens (tertiary/aromatic N) is 3. The molecule has 0 spiro atoms. The summed E-state index contributed by atoms with van der Waals surface area (Å²) in [6.45, 7) is 1.76. The number of furan rings is 1. The minimum Gasteiger partial charge on any atom is -0.457 e. The zero-order chi connectivity index (χ0) is 26.5. The topological polar surface area (TPSA) is 121 Å². The number of thioether (sulfide) groups is 1. The van der Waals surface area contributed by atoms with E-state index in [1.165, 1.54) is 21.7 Å². The summed E-state index contributed by atoms with van der Waals surface area (Å²) in [6, 6.07) is 18.5. The normalized spacial score (nSPS) is 15.2. The molecule has 37 heavy (non-hydrogen) atoms. The van der Waals surface area contributed by atoms with E-state index in [1.807, 2.05) is 30.3 Å². The average molecular weight is 553 g/mol. The molecule has 0 radical (unpaired) electrons. The lowest BCUT2D eigenvalue weighted by Crippen LogP contribution is -2.33. The second-order valence-electron chi connectivity index (χ2n) is 8.20. The predicted molar refractivity (Wildman–Crippen MR) is 147 cm³/mol. The number of aromatic nitrogens is 2. The Morgan fingerprint density at radius 1 is 1.00 bits per heavy atom. The van der Waals surface area contributed by atoms with Gasteiger partial charge in [-0.25, -0.2) is 18.2 Å². The summed E-state index contributed by atoms with van der Waals surface area (Å²) < 4.78 is 32.2. The van der Waals surface area contributed by atoms with Crippen LogP contribution < -0.4 is 15.6 Å². The number of rotatable bonds is 5. The number of anilines is 1. The van der Waals surface area contributed by atoms with Gasteiger partial charge in [-0.2, -0.15) is 0 Å². The Labute approximate surface area is 221 Å². The van der Waals surface area contributed by atoms with Crippen molar-refractivity contribution in [2.75, 3.05) is 4.90 Å². The number of nitrogens with two attached hydrogens (primary N) is 1. The van der Waals surface area contributed by atoms with Crippen molar-refractivity contribution in [3.8, 4) is 17.0 Å². The van der Waals surface area contributed by atoms with Gasteiger partial charge in [-0.15, -0.1) is 0 Å². The lowest BCUT2D eigenvalue weighted by Gasteiger charge is -2.12. The number of primary sulfonamides is 1. The molecule has 2 N–H and O–H groups in total. The van der Waals surface area contributed by atoms with Gasteiger partial charge < -0.3 is 4.42 Å². The highest BCUT2D eigenvalue weighted by Gasteiger charge is 2.38. The van der Waals surface area contributed by atoms with Crippen LogP contribution in [0.4, 0.5) is 5.69 Å². The van der Waals surface area contributed by atoms with Crippen molar-refractivity contribution in [2.45, 2.75) is 11.8 Å². The van der Waals surface area contributed by atoms with E-state index in [4.69, 9.17) is 21.8 Å². The Bertz CT molecular complexity index is 1750. The smallest absolute Gasteiger partial charge is 0.296 e. The third-order valence-corrected chi connectivity index (χ3v) is 8.14. The summed E-state index contributed by atoms with van der Waals surface area (Å²) in [7, 11) is -2.05. The number of amides is 1. The van der Waals surface area contributed by atoms with E-state index in [0.29, 0.717) is 33.4 Å². The van der Waals surface area contributed by atoms with Crippen LogP contribution in [0, 0.1) is 6.92 Å². The molecule has 1 fully saturated rings. The molecule has 1 saturated heterocycles. The fourth-order valence-corrected chi connectivity index (χ4v) is 5.76. The third kappa shape index (κ3) is 4.48. The van der Waals surface area contributed by atoms with Gasteiger partial charge in [0.25, 0.3) is 11.5 Å². The molecule has 9 nitrogen and oxygen atoms in total. The molecule has 188 valence electrons. The summed E-state index contributed by atoms with van der Waals surface area (Å²) in [5.41, 5.74) is 1.75. The van der Waals surface area contributed by atoms with Crippen molar-refractivity contribution in [1.82, 2.24) is 9.36 Å². The zero-order valence-corrected chi connectivity index (χ0v) is 22.1. The number of sulfonamides is 1. The van der Waals surface area contributed by atoms with E-state index in [9.17, 15) is 18.0 Å². The van der Waals surface area contributed by atoms with Gasteiger partial charge in [-0.3, -0.25) is 19.2 Å². The van der Waals surface area contributed by atoms with Crippen LogP contribution in [0.15, 0.2) is 85.7 Å². The molecule has 0 bridgehead atoms. The van der Waals surface area contributed by atoms with Crippen LogP contribution >= 0.6 is 24.0 Å². The highest BCUT2D eigenvalue weighted by atomic mass is 32.2. The molecular weight excluding hydrogens is 532 g/mol. The molecular formula is C25H20N4O5S3. The van der Waals surface area contributed by atoms with Gasteiger partial charge in [-0.05, 0) is 55.5 Å². The lowest BCUT2D eigenvalue weighted by atomic mass is 10.2. The lowest BCUT2D eigenvalue weighted by molar-refractivity contribution is -0.113. The van der Waals surface area contributed by atoms with Crippen molar-refractivity contribution in [2.24, 2.45) is 12.2 Å². The van der Waals surface area contributed by atoms with Gasteiger partial charge >= 0.3 is 0 Å². The molecule has 0 aliphatic carbocycles. The van der Waals surface area contributed by atoms with Gasteiger partial charge in [0, 0.05) is 18.7 Å². The molecule has 2 aromatic carbocycles.